The average molecular weight is 579 g/mol. The SMILES string of the molecule is CC[C@@H](C)[C@H](N)C(=O)N1Cc2ccccc2C1P(=O)(Oc1ccccc1)Oc1ccccc1.O=C(O)C(F)(F)F. The maximum atomic E-state index is 14.6. The van der Waals surface area contributed by atoms with Crippen LogP contribution in [0.3, 0.4) is 0 Å². The topological polar surface area (TPSA) is 119 Å². The van der Waals surface area contributed by atoms with Gasteiger partial charge in [-0.25, -0.2) is 9.36 Å². The number of aliphatic carboxylic acids is 1. The molecule has 3 aromatic carbocycles. The summed E-state index contributed by atoms with van der Waals surface area (Å²) in [5.41, 5.74) is 7.99. The third-order valence-corrected chi connectivity index (χ3v) is 8.37. The first-order valence-corrected chi connectivity index (χ1v) is 14.0. The zero-order chi connectivity index (χ0) is 29.5. The predicted octanol–water partition coefficient (Wildman–Crippen LogP) is 6.39. The number of carboxylic acid groups (broad SMARTS) is 1. The van der Waals surface area contributed by atoms with Crippen LogP contribution in [0.2, 0.25) is 0 Å². The fourth-order valence-electron chi connectivity index (χ4n) is 3.97. The zero-order valence-corrected chi connectivity index (χ0v) is 22.7. The molecule has 214 valence electrons. The van der Waals surface area contributed by atoms with Crippen molar-refractivity contribution in [3.05, 3.63) is 96.1 Å². The molecule has 4 rings (SSSR count). The highest BCUT2D eigenvalue weighted by Gasteiger charge is 2.51. The van der Waals surface area contributed by atoms with Crippen molar-refractivity contribution in [1.82, 2.24) is 4.90 Å². The summed E-state index contributed by atoms with van der Waals surface area (Å²) < 4.78 is 58.5. The van der Waals surface area contributed by atoms with Gasteiger partial charge in [0, 0.05) is 6.54 Å². The van der Waals surface area contributed by atoms with Crippen molar-refractivity contribution in [2.75, 3.05) is 0 Å². The van der Waals surface area contributed by atoms with Crippen molar-refractivity contribution in [2.24, 2.45) is 11.7 Å². The van der Waals surface area contributed by atoms with Crippen molar-refractivity contribution in [2.45, 2.75) is 44.8 Å². The predicted molar refractivity (Wildman–Crippen MR) is 143 cm³/mol. The van der Waals surface area contributed by atoms with Crippen molar-refractivity contribution in [3.63, 3.8) is 0 Å². The quantitative estimate of drug-likeness (QED) is 0.298. The molecule has 3 aromatic rings. The number of benzene rings is 3. The molecule has 1 heterocycles. The Labute approximate surface area is 230 Å². The van der Waals surface area contributed by atoms with Gasteiger partial charge in [0.05, 0.1) is 6.04 Å². The molecule has 0 bridgehead atoms. The van der Waals surface area contributed by atoms with Gasteiger partial charge in [0.25, 0.3) is 0 Å². The third-order valence-electron chi connectivity index (χ3n) is 6.29. The van der Waals surface area contributed by atoms with E-state index in [0.29, 0.717) is 18.0 Å². The Hall–Kier alpha value is -3.82. The van der Waals surface area contributed by atoms with E-state index < -0.39 is 31.6 Å². The minimum Gasteiger partial charge on any atom is -0.475 e. The minimum atomic E-state index is -5.08. The molecule has 0 saturated carbocycles. The van der Waals surface area contributed by atoms with Crippen LogP contribution in [0.15, 0.2) is 84.9 Å². The first-order chi connectivity index (χ1) is 18.9. The summed E-state index contributed by atoms with van der Waals surface area (Å²) >= 11 is 0. The number of halogens is 3. The fraction of sp³-hybridized carbons (Fsp3) is 0.286. The van der Waals surface area contributed by atoms with E-state index in [4.69, 9.17) is 24.7 Å². The van der Waals surface area contributed by atoms with Crippen LogP contribution in [-0.2, 0) is 20.7 Å². The Kier molecular flexibility index (Phi) is 10.0. The van der Waals surface area contributed by atoms with Gasteiger partial charge < -0.3 is 24.8 Å². The number of nitrogens with two attached hydrogens (primary N) is 1. The monoisotopic (exact) mass is 578 g/mol. The lowest BCUT2D eigenvalue weighted by atomic mass is 9.99. The van der Waals surface area contributed by atoms with Crippen molar-refractivity contribution < 1.29 is 41.5 Å². The molecule has 1 aliphatic rings. The number of carbonyl (C=O) groups excluding carboxylic acids is 1. The molecule has 40 heavy (non-hydrogen) atoms. The second kappa shape index (κ2) is 13.0. The maximum absolute atomic E-state index is 14.6. The summed E-state index contributed by atoms with van der Waals surface area (Å²) in [6.07, 6.45) is -4.32. The standard InChI is InChI=1S/C26H29N2O4P.C2HF3O2/c1-3-19(2)24(27)25(29)28-18-20-12-10-11-17-23(20)26(28)33(30,31-21-13-6-4-7-14-21)32-22-15-8-5-9-16-22;3-2(4,5)1(6)7/h4-17,19,24,26H,3,18,27H2,1-2H3;(H,6,7)/t19-,24+,26?;/m1./s1. The van der Waals surface area contributed by atoms with Crippen LogP contribution in [0, 0.1) is 5.92 Å². The van der Waals surface area contributed by atoms with Crippen molar-refractivity contribution in [3.8, 4) is 11.5 Å². The second-order valence-corrected chi connectivity index (χ2v) is 11.0. The second-order valence-electron chi connectivity index (χ2n) is 9.10. The van der Waals surface area contributed by atoms with Gasteiger partial charge in [-0.1, -0.05) is 80.9 Å². The van der Waals surface area contributed by atoms with E-state index in [1.165, 1.54) is 0 Å². The Morgan fingerprint density at radius 2 is 1.43 bits per heavy atom. The molecule has 3 atom stereocenters. The number of hydrogen-bond acceptors (Lipinski definition) is 6. The van der Waals surface area contributed by atoms with Crippen LogP contribution in [0.25, 0.3) is 0 Å². The van der Waals surface area contributed by atoms with E-state index in [1.54, 1.807) is 53.4 Å². The molecule has 1 aliphatic heterocycles. The van der Waals surface area contributed by atoms with Crippen LogP contribution in [0.5, 0.6) is 11.5 Å². The van der Waals surface area contributed by atoms with Gasteiger partial charge in [-0.2, -0.15) is 13.2 Å². The van der Waals surface area contributed by atoms with E-state index in [2.05, 4.69) is 0 Å². The fourth-order valence-corrected chi connectivity index (χ4v) is 6.17. The van der Waals surface area contributed by atoms with Crippen LogP contribution in [-0.4, -0.2) is 34.1 Å². The van der Waals surface area contributed by atoms with E-state index in [9.17, 15) is 22.5 Å². The number of nitrogens with zero attached hydrogens (tertiary/aromatic N) is 1. The molecular formula is C28H30F3N2O6P. The lowest BCUT2D eigenvalue weighted by molar-refractivity contribution is -0.192. The summed E-state index contributed by atoms with van der Waals surface area (Å²) in [4.78, 5) is 24.0. The molecule has 3 N–H and O–H groups in total. The maximum Gasteiger partial charge on any atom is 0.490 e. The van der Waals surface area contributed by atoms with Gasteiger partial charge in [-0.3, -0.25) is 4.79 Å². The number of rotatable bonds is 8. The zero-order valence-electron chi connectivity index (χ0n) is 21.8. The number of alkyl halides is 3. The minimum absolute atomic E-state index is 0.0219. The summed E-state index contributed by atoms with van der Waals surface area (Å²) in [6, 6.07) is 24.6. The molecule has 0 saturated heterocycles. The van der Waals surface area contributed by atoms with Crippen LogP contribution in [0.1, 0.15) is 37.2 Å². The molecule has 0 radical (unpaired) electrons. The molecule has 0 fully saturated rings. The largest absolute Gasteiger partial charge is 0.490 e. The summed E-state index contributed by atoms with van der Waals surface area (Å²) in [7, 11) is -3.98. The van der Waals surface area contributed by atoms with E-state index >= 15 is 0 Å². The smallest absolute Gasteiger partial charge is 0.475 e. The Balaban J connectivity index is 0.000000559. The summed E-state index contributed by atoms with van der Waals surface area (Å²) in [5, 5.41) is 7.12. The molecule has 0 aliphatic carbocycles. The molecule has 8 nitrogen and oxygen atoms in total. The van der Waals surface area contributed by atoms with Gasteiger partial charge in [-0.05, 0) is 41.3 Å². The molecule has 1 unspecified atom stereocenters. The van der Waals surface area contributed by atoms with E-state index in [0.717, 1.165) is 17.5 Å². The van der Waals surface area contributed by atoms with E-state index in [1.807, 2.05) is 50.2 Å². The van der Waals surface area contributed by atoms with Crippen molar-refractivity contribution in [1.29, 1.82) is 0 Å². The number of fused-ring (bicyclic) bond motifs is 1. The molecule has 12 heteroatoms. The van der Waals surface area contributed by atoms with Gasteiger partial charge >= 0.3 is 19.7 Å². The number of hydrogen-bond donors (Lipinski definition) is 2. The highest BCUT2D eigenvalue weighted by Crippen LogP contribution is 2.64. The lowest BCUT2D eigenvalue weighted by Crippen LogP contribution is -2.46. The highest BCUT2D eigenvalue weighted by atomic mass is 31.2. The van der Waals surface area contributed by atoms with Crippen LogP contribution < -0.4 is 14.8 Å². The van der Waals surface area contributed by atoms with Gasteiger partial charge in [0.2, 0.25) is 5.91 Å². The summed E-state index contributed by atoms with van der Waals surface area (Å²) in [6.45, 7) is 4.24. The third kappa shape index (κ3) is 7.43. The normalized spacial score (nSPS) is 16.1. The first-order valence-electron chi connectivity index (χ1n) is 12.4. The Morgan fingerprint density at radius 1 is 0.975 bits per heavy atom. The molecule has 0 spiro atoms. The van der Waals surface area contributed by atoms with Gasteiger partial charge in [-0.15, -0.1) is 0 Å². The Morgan fingerprint density at radius 3 is 1.88 bits per heavy atom. The molecule has 0 aromatic heterocycles. The Bertz CT molecular complexity index is 1300. The number of carbonyl (C=O) groups is 2. The van der Waals surface area contributed by atoms with Crippen LogP contribution in [0.4, 0.5) is 13.2 Å². The van der Waals surface area contributed by atoms with E-state index in [-0.39, 0.29) is 11.8 Å². The average Bonchev–Trinajstić information content (AvgIpc) is 3.33. The number of amides is 1. The van der Waals surface area contributed by atoms with Crippen LogP contribution >= 0.6 is 7.60 Å². The highest BCUT2D eigenvalue weighted by molar-refractivity contribution is 7.55. The van der Waals surface area contributed by atoms with Gasteiger partial charge in [0.1, 0.15) is 11.5 Å². The summed E-state index contributed by atoms with van der Waals surface area (Å²) in [5.74, 6) is -3.16. The first kappa shape index (κ1) is 30.7. The molecular weight excluding hydrogens is 548 g/mol. The number of carboxylic acids is 1. The van der Waals surface area contributed by atoms with Gasteiger partial charge in [0.15, 0.2) is 5.78 Å². The molecule has 1 amide bonds. The lowest BCUT2D eigenvalue weighted by Gasteiger charge is -2.33. The number of para-hydroxylation sites is 2. The van der Waals surface area contributed by atoms with Crippen molar-refractivity contribution >= 4 is 19.5 Å².